The molecule has 0 fully saturated rings. The summed E-state index contributed by atoms with van der Waals surface area (Å²) in [5, 5.41) is 5.02. The lowest BCUT2D eigenvalue weighted by Crippen LogP contribution is -2.31. The summed E-state index contributed by atoms with van der Waals surface area (Å²) >= 11 is 0. The highest BCUT2D eigenvalue weighted by molar-refractivity contribution is 5.89. The van der Waals surface area contributed by atoms with Crippen LogP contribution in [0.2, 0.25) is 0 Å². The first-order valence-electron chi connectivity index (χ1n) is 6.66. The zero-order valence-corrected chi connectivity index (χ0v) is 12.2. The lowest BCUT2D eigenvalue weighted by molar-refractivity contribution is 0.249. The fourth-order valence-electron chi connectivity index (χ4n) is 1.92. The zero-order chi connectivity index (χ0) is 16.1. The SMILES string of the molecule is COc1ccc(C(C)NC(=O)Nc2ccc(F)cc2F)cc1. The fourth-order valence-corrected chi connectivity index (χ4v) is 1.92. The average molecular weight is 306 g/mol. The van der Waals surface area contributed by atoms with Crippen LogP contribution in [0.15, 0.2) is 42.5 Å². The molecule has 1 unspecified atom stereocenters. The maximum Gasteiger partial charge on any atom is 0.319 e. The van der Waals surface area contributed by atoms with E-state index in [9.17, 15) is 13.6 Å². The van der Waals surface area contributed by atoms with Crippen LogP contribution in [0.5, 0.6) is 5.75 Å². The Morgan fingerprint density at radius 1 is 1.14 bits per heavy atom. The van der Waals surface area contributed by atoms with Crippen molar-refractivity contribution < 1.29 is 18.3 Å². The Labute approximate surface area is 127 Å². The molecule has 0 aromatic heterocycles. The molecule has 2 aromatic rings. The molecule has 0 radical (unpaired) electrons. The maximum atomic E-state index is 13.5. The van der Waals surface area contributed by atoms with Gasteiger partial charge in [-0.3, -0.25) is 0 Å². The van der Waals surface area contributed by atoms with E-state index >= 15 is 0 Å². The van der Waals surface area contributed by atoms with E-state index in [0.717, 1.165) is 11.6 Å². The van der Waals surface area contributed by atoms with E-state index in [4.69, 9.17) is 4.74 Å². The minimum Gasteiger partial charge on any atom is -0.497 e. The highest BCUT2D eigenvalue weighted by Crippen LogP contribution is 2.18. The van der Waals surface area contributed by atoms with E-state index in [1.165, 1.54) is 6.07 Å². The lowest BCUT2D eigenvalue weighted by Gasteiger charge is -2.15. The monoisotopic (exact) mass is 306 g/mol. The minimum atomic E-state index is -0.827. The van der Waals surface area contributed by atoms with Crippen LogP contribution >= 0.6 is 0 Å². The Hall–Kier alpha value is -2.63. The molecule has 1 atom stereocenters. The van der Waals surface area contributed by atoms with E-state index in [1.54, 1.807) is 26.2 Å². The van der Waals surface area contributed by atoms with Gasteiger partial charge in [0, 0.05) is 6.07 Å². The van der Waals surface area contributed by atoms with Gasteiger partial charge in [-0.2, -0.15) is 0 Å². The molecule has 0 spiro atoms. The molecule has 22 heavy (non-hydrogen) atoms. The van der Waals surface area contributed by atoms with Gasteiger partial charge in [0.15, 0.2) is 0 Å². The number of halogens is 2. The summed E-state index contributed by atoms with van der Waals surface area (Å²) in [5.74, 6) is -0.809. The lowest BCUT2D eigenvalue weighted by atomic mass is 10.1. The van der Waals surface area contributed by atoms with Crippen molar-refractivity contribution in [2.75, 3.05) is 12.4 Å². The van der Waals surface area contributed by atoms with Crippen LogP contribution in [0, 0.1) is 11.6 Å². The predicted octanol–water partition coefficient (Wildman–Crippen LogP) is 3.86. The number of urea groups is 1. The second kappa shape index (κ2) is 6.89. The number of hydrogen-bond acceptors (Lipinski definition) is 2. The fraction of sp³-hybridized carbons (Fsp3) is 0.188. The molecule has 0 saturated heterocycles. The number of nitrogens with one attached hydrogen (secondary N) is 2. The van der Waals surface area contributed by atoms with Gasteiger partial charge in [0.05, 0.1) is 18.8 Å². The number of ether oxygens (including phenoxy) is 1. The van der Waals surface area contributed by atoms with Crippen LogP contribution in [0.4, 0.5) is 19.3 Å². The molecule has 4 nitrogen and oxygen atoms in total. The summed E-state index contributed by atoms with van der Waals surface area (Å²) in [7, 11) is 1.57. The number of amides is 2. The highest BCUT2D eigenvalue weighted by atomic mass is 19.1. The Balaban J connectivity index is 1.98. The molecule has 2 rings (SSSR count). The third-order valence-corrected chi connectivity index (χ3v) is 3.14. The molecular formula is C16H16F2N2O2. The summed E-state index contributed by atoms with van der Waals surface area (Å²) in [6.07, 6.45) is 0. The number of carbonyl (C=O) groups excluding carboxylic acids is 1. The topological polar surface area (TPSA) is 50.4 Å². The van der Waals surface area contributed by atoms with Crippen molar-refractivity contribution in [3.63, 3.8) is 0 Å². The normalized spacial score (nSPS) is 11.6. The Morgan fingerprint density at radius 2 is 1.82 bits per heavy atom. The first-order chi connectivity index (χ1) is 10.5. The third-order valence-electron chi connectivity index (χ3n) is 3.14. The predicted molar refractivity (Wildman–Crippen MR) is 79.9 cm³/mol. The summed E-state index contributed by atoms with van der Waals surface area (Å²) in [4.78, 5) is 11.8. The highest BCUT2D eigenvalue weighted by Gasteiger charge is 2.12. The van der Waals surface area contributed by atoms with Crippen molar-refractivity contribution >= 4 is 11.7 Å². The van der Waals surface area contributed by atoms with Gasteiger partial charge < -0.3 is 15.4 Å². The first kappa shape index (κ1) is 15.8. The van der Waals surface area contributed by atoms with Gasteiger partial charge in [0.2, 0.25) is 0 Å². The molecule has 2 amide bonds. The van der Waals surface area contributed by atoms with E-state index in [1.807, 2.05) is 12.1 Å². The van der Waals surface area contributed by atoms with Crippen LogP contribution in [-0.4, -0.2) is 13.1 Å². The quantitative estimate of drug-likeness (QED) is 0.901. The van der Waals surface area contributed by atoms with Crippen LogP contribution in [-0.2, 0) is 0 Å². The van der Waals surface area contributed by atoms with Crippen LogP contribution in [0.1, 0.15) is 18.5 Å². The van der Waals surface area contributed by atoms with Gasteiger partial charge in [-0.15, -0.1) is 0 Å². The van der Waals surface area contributed by atoms with Crippen molar-refractivity contribution in [1.29, 1.82) is 0 Å². The summed E-state index contributed by atoms with van der Waals surface area (Å²) in [5.41, 5.74) is 0.788. The molecule has 0 saturated carbocycles. The second-order valence-electron chi connectivity index (χ2n) is 4.72. The molecule has 0 aliphatic carbocycles. The van der Waals surface area contributed by atoms with Crippen molar-refractivity contribution in [2.45, 2.75) is 13.0 Å². The molecule has 116 valence electrons. The van der Waals surface area contributed by atoms with E-state index in [-0.39, 0.29) is 11.7 Å². The van der Waals surface area contributed by atoms with Crippen molar-refractivity contribution in [3.8, 4) is 5.75 Å². The average Bonchev–Trinajstić information content (AvgIpc) is 2.50. The largest absolute Gasteiger partial charge is 0.497 e. The third kappa shape index (κ3) is 3.94. The van der Waals surface area contributed by atoms with Crippen molar-refractivity contribution in [2.24, 2.45) is 0 Å². The molecule has 0 heterocycles. The minimum absolute atomic E-state index is 0.0826. The number of methoxy groups -OCH3 is 1. The molecule has 0 bridgehead atoms. The molecule has 0 aliphatic heterocycles. The summed E-state index contributed by atoms with van der Waals surface area (Å²) in [6, 6.07) is 9.31. The molecular weight excluding hydrogens is 290 g/mol. The van der Waals surface area contributed by atoms with Crippen molar-refractivity contribution in [3.05, 3.63) is 59.7 Å². The first-order valence-corrected chi connectivity index (χ1v) is 6.66. The van der Waals surface area contributed by atoms with Gasteiger partial charge in [0.1, 0.15) is 17.4 Å². The number of hydrogen-bond donors (Lipinski definition) is 2. The number of carbonyl (C=O) groups is 1. The number of anilines is 1. The number of rotatable bonds is 4. The Kier molecular flexibility index (Phi) is 4.93. The molecule has 6 heteroatoms. The van der Waals surface area contributed by atoms with Crippen LogP contribution < -0.4 is 15.4 Å². The smallest absolute Gasteiger partial charge is 0.319 e. The Bertz CT molecular complexity index is 660. The number of benzene rings is 2. The van der Waals surface area contributed by atoms with E-state index in [2.05, 4.69) is 10.6 Å². The van der Waals surface area contributed by atoms with Gasteiger partial charge in [-0.25, -0.2) is 13.6 Å². The summed E-state index contributed by atoms with van der Waals surface area (Å²) < 4.78 is 31.3. The van der Waals surface area contributed by atoms with E-state index in [0.29, 0.717) is 11.8 Å². The maximum absolute atomic E-state index is 13.5. The molecule has 2 aromatic carbocycles. The van der Waals surface area contributed by atoms with Gasteiger partial charge in [-0.1, -0.05) is 12.1 Å². The van der Waals surface area contributed by atoms with Crippen molar-refractivity contribution in [1.82, 2.24) is 5.32 Å². The van der Waals surface area contributed by atoms with Gasteiger partial charge in [0.25, 0.3) is 0 Å². The van der Waals surface area contributed by atoms with Gasteiger partial charge >= 0.3 is 6.03 Å². The second-order valence-corrected chi connectivity index (χ2v) is 4.72. The van der Waals surface area contributed by atoms with Gasteiger partial charge in [-0.05, 0) is 36.8 Å². The molecule has 2 N–H and O–H groups in total. The van der Waals surface area contributed by atoms with Crippen LogP contribution in [0.25, 0.3) is 0 Å². The van der Waals surface area contributed by atoms with E-state index < -0.39 is 17.7 Å². The summed E-state index contributed by atoms with van der Waals surface area (Å²) in [6.45, 7) is 1.79. The standard InChI is InChI=1S/C16H16F2N2O2/c1-10(11-3-6-13(22-2)7-4-11)19-16(21)20-15-8-5-12(17)9-14(15)18/h3-10H,1-2H3,(H2,19,20,21). The zero-order valence-electron chi connectivity index (χ0n) is 12.2. The Morgan fingerprint density at radius 3 is 2.41 bits per heavy atom. The molecule has 0 aliphatic rings. The van der Waals surface area contributed by atoms with Crippen LogP contribution in [0.3, 0.4) is 0 Å².